The quantitative estimate of drug-likeness (QED) is 0.118. The predicted molar refractivity (Wildman–Crippen MR) is 210 cm³/mol. The number of ether oxygens (including phenoxy) is 2. The van der Waals surface area contributed by atoms with Gasteiger partial charge in [0.15, 0.2) is 0 Å². The monoisotopic (exact) mass is 739 g/mol. The van der Waals surface area contributed by atoms with Gasteiger partial charge in [-0.05, 0) is 121 Å². The van der Waals surface area contributed by atoms with Crippen molar-refractivity contribution in [3.8, 4) is 11.5 Å². The maximum absolute atomic E-state index is 13.2. The number of amides is 3. The maximum Gasteiger partial charge on any atom is 0.262 e. The van der Waals surface area contributed by atoms with Crippen LogP contribution in [-0.2, 0) is 22.4 Å². The number of imide groups is 1. The SMILES string of the molecule is C=C1CCC(N2C(=O)c3ccc(CCCOC4CCN(CCOc5ccc([C@@H]6c7ccc(O)cc7CC[C@@H]6c6ccccc6)cc5)CC4)cc3C2=O)C(=O)N1. The summed E-state index contributed by atoms with van der Waals surface area (Å²) in [6.07, 6.45) is 6.66. The summed E-state index contributed by atoms with van der Waals surface area (Å²) in [6.45, 7) is 7.84. The van der Waals surface area contributed by atoms with Gasteiger partial charge in [0.25, 0.3) is 11.8 Å². The van der Waals surface area contributed by atoms with Crippen molar-refractivity contribution >= 4 is 17.7 Å². The largest absolute Gasteiger partial charge is 0.508 e. The molecule has 3 atom stereocenters. The lowest BCUT2D eigenvalue weighted by atomic mass is 9.69. The highest BCUT2D eigenvalue weighted by atomic mass is 16.5. The minimum Gasteiger partial charge on any atom is -0.508 e. The fraction of sp³-hybridized carbons (Fsp3) is 0.370. The highest BCUT2D eigenvalue weighted by Crippen LogP contribution is 2.47. The second kappa shape index (κ2) is 16.2. The number of fused-ring (bicyclic) bond motifs is 2. The molecule has 1 aliphatic carbocycles. The molecule has 2 saturated heterocycles. The van der Waals surface area contributed by atoms with E-state index in [2.05, 4.69) is 77.5 Å². The van der Waals surface area contributed by atoms with E-state index in [1.165, 1.54) is 22.3 Å². The van der Waals surface area contributed by atoms with Crippen molar-refractivity contribution in [2.75, 3.05) is 32.8 Å². The summed E-state index contributed by atoms with van der Waals surface area (Å²) >= 11 is 0. The van der Waals surface area contributed by atoms with Crippen LogP contribution in [0, 0.1) is 0 Å². The molecule has 2 N–H and O–H groups in total. The normalized spacial score (nSPS) is 21.7. The molecule has 9 nitrogen and oxygen atoms in total. The van der Waals surface area contributed by atoms with E-state index in [-0.39, 0.29) is 17.9 Å². The zero-order valence-corrected chi connectivity index (χ0v) is 31.3. The van der Waals surface area contributed by atoms with Crippen LogP contribution in [-0.4, -0.2) is 77.6 Å². The van der Waals surface area contributed by atoms with Crippen molar-refractivity contribution in [3.05, 3.63) is 142 Å². The van der Waals surface area contributed by atoms with Crippen LogP contribution in [0.1, 0.15) is 98.9 Å². The molecular formula is C46H49N3O6. The number of benzene rings is 4. The topological polar surface area (TPSA) is 108 Å². The van der Waals surface area contributed by atoms with Crippen LogP contribution >= 0.6 is 0 Å². The number of allylic oxidation sites excluding steroid dienone is 1. The summed E-state index contributed by atoms with van der Waals surface area (Å²) in [6, 6.07) is 29.8. The Balaban J connectivity index is 0.766. The third-order valence-corrected chi connectivity index (χ3v) is 11.8. The average Bonchev–Trinajstić information content (AvgIpc) is 3.45. The first-order valence-corrected chi connectivity index (χ1v) is 19.8. The Kier molecular flexibility index (Phi) is 10.8. The molecule has 1 unspecified atom stereocenters. The maximum atomic E-state index is 13.2. The molecule has 9 heteroatoms. The van der Waals surface area contributed by atoms with E-state index >= 15 is 0 Å². The number of hydrogen-bond acceptors (Lipinski definition) is 7. The molecule has 8 rings (SSSR count). The molecule has 0 bridgehead atoms. The lowest BCUT2D eigenvalue weighted by molar-refractivity contribution is -0.125. The van der Waals surface area contributed by atoms with Crippen LogP contribution in [0.4, 0.5) is 0 Å². The van der Waals surface area contributed by atoms with Crippen LogP contribution in [0.5, 0.6) is 11.5 Å². The first-order valence-electron chi connectivity index (χ1n) is 19.8. The minimum atomic E-state index is -0.801. The van der Waals surface area contributed by atoms with Crippen molar-refractivity contribution < 1.29 is 29.0 Å². The van der Waals surface area contributed by atoms with Crippen LogP contribution in [0.3, 0.4) is 0 Å². The summed E-state index contributed by atoms with van der Waals surface area (Å²) < 4.78 is 12.5. The van der Waals surface area contributed by atoms with Crippen molar-refractivity contribution in [1.82, 2.24) is 15.1 Å². The molecule has 4 aromatic carbocycles. The van der Waals surface area contributed by atoms with Crippen molar-refractivity contribution in [2.45, 2.75) is 75.3 Å². The Morgan fingerprint density at radius 1 is 0.782 bits per heavy atom. The Labute approximate surface area is 322 Å². The molecule has 3 aliphatic heterocycles. The van der Waals surface area contributed by atoms with Crippen LogP contribution in [0.25, 0.3) is 0 Å². The third-order valence-electron chi connectivity index (χ3n) is 11.8. The van der Waals surface area contributed by atoms with Gasteiger partial charge < -0.3 is 19.9 Å². The highest BCUT2D eigenvalue weighted by molar-refractivity contribution is 6.23. The number of phenols is 1. The molecule has 0 saturated carbocycles. The summed E-state index contributed by atoms with van der Waals surface area (Å²) in [5, 5.41) is 12.8. The number of nitrogens with zero attached hydrogens (tertiary/aromatic N) is 2. The van der Waals surface area contributed by atoms with Gasteiger partial charge in [-0.25, -0.2) is 0 Å². The van der Waals surface area contributed by atoms with Crippen molar-refractivity contribution in [3.63, 3.8) is 0 Å². The number of carbonyl (C=O) groups is 3. The number of nitrogens with one attached hydrogen (secondary N) is 1. The molecule has 4 aliphatic rings. The fourth-order valence-corrected chi connectivity index (χ4v) is 8.92. The van der Waals surface area contributed by atoms with E-state index in [0.29, 0.717) is 54.5 Å². The number of likely N-dealkylation sites (tertiary alicyclic amines) is 1. The number of rotatable bonds is 12. The number of phenolic OH excluding ortho intramolecular Hbond substituents is 1. The van der Waals surface area contributed by atoms with Crippen LogP contribution in [0.15, 0.2) is 103 Å². The molecule has 284 valence electrons. The lowest BCUT2D eigenvalue weighted by Gasteiger charge is -2.35. The Bertz CT molecular complexity index is 2060. The van der Waals surface area contributed by atoms with E-state index in [0.717, 1.165) is 74.4 Å². The standard InChI is InChI=1S/C46H49N3O6/c1-30-9-20-42(44(51)47-30)49-45(52)40-17-10-31(28-41(40)46(49)53)6-5-26-54-37-21-23-48(24-22-37)25-27-55-36-15-11-33(12-16-36)43-38(32-7-3-2-4-8-32)18-13-34-29-35(50)14-19-39(34)43/h2-4,7-8,10-12,14-17,19,28-29,37-38,42-43,50H,1,5-6,9,13,18,20-27H2,(H,47,51)/t38-,42?,43+/m1/s1. The Morgan fingerprint density at radius 3 is 2.35 bits per heavy atom. The number of aryl methyl sites for hydroxylation is 2. The lowest BCUT2D eigenvalue weighted by Crippen LogP contribution is -2.51. The van der Waals surface area contributed by atoms with E-state index in [1.54, 1.807) is 12.1 Å². The zero-order valence-electron chi connectivity index (χ0n) is 31.3. The number of hydrogen-bond donors (Lipinski definition) is 2. The summed E-state index contributed by atoms with van der Waals surface area (Å²) in [5.74, 6) is 0.626. The summed E-state index contributed by atoms with van der Waals surface area (Å²) in [4.78, 5) is 42.3. The molecule has 4 aromatic rings. The van der Waals surface area contributed by atoms with Crippen molar-refractivity contribution in [2.24, 2.45) is 0 Å². The summed E-state index contributed by atoms with van der Waals surface area (Å²) in [7, 11) is 0. The van der Waals surface area contributed by atoms with Gasteiger partial charge in [0.2, 0.25) is 5.91 Å². The molecule has 0 aromatic heterocycles. The van der Waals surface area contributed by atoms with Gasteiger partial charge in [0.1, 0.15) is 24.1 Å². The highest BCUT2D eigenvalue weighted by Gasteiger charge is 2.44. The van der Waals surface area contributed by atoms with Gasteiger partial charge in [-0.1, -0.05) is 61.2 Å². The second-order valence-corrected chi connectivity index (χ2v) is 15.4. The van der Waals surface area contributed by atoms with Gasteiger partial charge in [0, 0.05) is 37.9 Å². The molecule has 0 spiro atoms. The minimum absolute atomic E-state index is 0.215. The molecule has 0 radical (unpaired) electrons. The molecule has 2 fully saturated rings. The number of piperidine rings is 2. The van der Waals surface area contributed by atoms with Gasteiger partial charge in [0.05, 0.1) is 17.2 Å². The Hall–Kier alpha value is -5.25. The van der Waals surface area contributed by atoms with E-state index < -0.39 is 17.9 Å². The first-order chi connectivity index (χ1) is 26.8. The van der Waals surface area contributed by atoms with Gasteiger partial charge in [-0.3, -0.25) is 24.2 Å². The predicted octanol–water partition coefficient (Wildman–Crippen LogP) is 7.14. The fourth-order valence-electron chi connectivity index (χ4n) is 8.92. The Morgan fingerprint density at radius 2 is 1.56 bits per heavy atom. The zero-order chi connectivity index (χ0) is 37.9. The second-order valence-electron chi connectivity index (χ2n) is 15.4. The molecule has 3 amide bonds. The first kappa shape index (κ1) is 36.7. The van der Waals surface area contributed by atoms with E-state index in [9.17, 15) is 19.5 Å². The van der Waals surface area contributed by atoms with E-state index in [4.69, 9.17) is 9.47 Å². The number of aromatic hydroxyl groups is 1. The number of carbonyl (C=O) groups excluding carboxylic acids is 3. The van der Waals surface area contributed by atoms with Crippen LogP contribution < -0.4 is 10.1 Å². The molecule has 55 heavy (non-hydrogen) atoms. The van der Waals surface area contributed by atoms with Crippen molar-refractivity contribution in [1.29, 1.82) is 0 Å². The average molecular weight is 740 g/mol. The van der Waals surface area contributed by atoms with Gasteiger partial charge in [-0.2, -0.15) is 0 Å². The molecular weight excluding hydrogens is 691 g/mol. The van der Waals surface area contributed by atoms with E-state index in [1.807, 2.05) is 18.2 Å². The smallest absolute Gasteiger partial charge is 0.262 e. The van der Waals surface area contributed by atoms with Gasteiger partial charge in [-0.15, -0.1) is 0 Å². The van der Waals surface area contributed by atoms with Crippen LogP contribution in [0.2, 0.25) is 0 Å². The third kappa shape index (κ3) is 7.95. The van der Waals surface area contributed by atoms with Gasteiger partial charge >= 0.3 is 0 Å². The molecule has 3 heterocycles. The summed E-state index contributed by atoms with van der Waals surface area (Å²) in [5.41, 5.74) is 7.46.